The monoisotopic (exact) mass is 223 g/mol. The largest absolute Gasteiger partial charge is 0.437 e. The minimum absolute atomic E-state index is 0.0559. The van der Waals surface area contributed by atoms with E-state index in [4.69, 9.17) is 14.9 Å². The predicted molar refractivity (Wildman–Crippen MR) is 63.9 cm³/mol. The summed E-state index contributed by atoms with van der Waals surface area (Å²) in [7, 11) is -0.641. The van der Waals surface area contributed by atoms with E-state index in [0.717, 1.165) is 5.56 Å². The third-order valence-electron chi connectivity index (χ3n) is 2.13. The van der Waals surface area contributed by atoms with E-state index in [9.17, 15) is 0 Å². The molecule has 4 nitrogen and oxygen atoms in total. The molecule has 1 aromatic rings. The molecule has 0 fully saturated rings. The standard InChI is InChI=1S/C11H18BNO3/c1-12(15)13-11(7-14)9-16-8-10-5-3-2-4-6-10/h2-6,11,13-15H,7-9H2,1H3/t11-/m1/s1. The second-order valence-electron chi connectivity index (χ2n) is 3.72. The van der Waals surface area contributed by atoms with Gasteiger partial charge in [0.25, 0.3) is 0 Å². The van der Waals surface area contributed by atoms with Crippen LogP contribution in [-0.2, 0) is 11.3 Å². The molecule has 3 N–H and O–H groups in total. The van der Waals surface area contributed by atoms with Gasteiger partial charge in [-0.3, -0.25) is 0 Å². The summed E-state index contributed by atoms with van der Waals surface area (Å²) in [4.78, 5) is 0. The van der Waals surface area contributed by atoms with Gasteiger partial charge in [0, 0.05) is 6.04 Å². The summed E-state index contributed by atoms with van der Waals surface area (Å²) in [6.45, 7) is 2.44. The van der Waals surface area contributed by atoms with Crippen LogP contribution >= 0.6 is 0 Å². The highest BCUT2D eigenvalue weighted by molar-refractivity contribution is 6.45. The minimum atomic E-state index is -0.641. The Morgan fingerprint density at radius 1 is 1.38 bits per heavy atom. The van der Waals surface area contributed by atoms with Crippen molar-refractivity contribution >= 4 is 7.05 Å². The SMILES string of the molecule is CB(O)N[C@H](CO)COCc1ccccc1. The van der Waals surface area contributed by atoms with Crippen molar-refractivity contribution in [2.45, 2.75) is 19.5 Å². The lowest BCUT2D eigenvalue weighted by Gasteiger charge is -2.16. The van der Waals surface area contributed by atoms with Crippen LogP contribution in [0.15, 0.2) is 30.3 Å². The van der Waals surface area contributed by atoms with Gasteiger partial charge in [-0.15, -0.1) is 0 Å². The Morgan fingerprint density at radius 3 is 2.62 bits per heavy atom. The lowest BCUT2D eigenvalue weighted by Crippen LogP contribution is -2.44. The minimum Gasteiger partial charge on any atom is -0.437 e. The zero-order valence-corrected chi connectivity index (χ0v) is 9.47. The van der Waals surface area contributed by atoms with Gasteiger partial charge in [0.05, 0.1) is 19.8 Å². The molecule has 1 rings (SSSR count). The molecule has 88 valence electrons. The van der Waals surface area contributed by atoms with Crippen LogP contribution in [0.4, 0.5) is 0 Å². The first kappa shape index (κ1) is 13.2. The molecule has 0 spiro atoms. The first-order valence-electron chi connectivity index (χ1n) is 5.39. The van der Waals surface area contributed by atoms with Crippen LogP contribution in [0.1, 0.15) is 5.56 Å². The summed E-state index contributed by atoms with van der Waals surface area (Å²) in [5.74, 6) is 0. The summed E-state index contributed by atoms with van der Waals surface area (Å²) < 4.78 is 5.44. The van der Waals surface area contributed by atoms with Crippen molar-refractivity contribution in [3.63, 3.8) is 0 Å². The lowest BCUT2D eigenvalue weighted by molar-refractivity contribution is 0.0837. The molecule has 0 aliphatic rings. The summed E-state index contributed by atoms with van der Waals surface area (Å²) in [5.41, 5.74) is 1.09. The molecule has 0 unspecified atom stereocenters. The lowest BCUT2D eigenvalue weighted by atomic mass is 9.87. The summed E-state index contributed by atoms with van der Waals surface area (Å²) in [5, 5.41) is 20.9. The highest BCUT2D eigenvalue weighted by Crippen LogP contribution is 2.00. The third kappa shape index (κ3) is 5.28. The average molecular weight is 223 g/mol. The number of hydrogen-bond acceptors (Lipinski definition) is 4. The third-order valence-corrected chi connectivity index (χ3v) is 2.13. The average Bonchev–Trinajstić information content (AvgIpc) is 2.28. The maximum Gasteiger partial charge on any atom is 0.373 e. The van der Waals surface area contributed by atoms with Gasteiger partial charge in [-0.1, -0.05) is 30.3 Å². The van der Waals surface area contributed by atoms with E-state index >= 15 is 0 Å². The van der Waals surface area contributed by atoms with E-state index in [1.165, 1.54) is 0 Å². The maximum absolute atomic E-state index is 9.09. The summed E-state index contributed by atoms with van der Waals surface area (Å²) in [6.07, 6.45) is 0. The number of rotatable bonds is 7. The van der Waals surface area contributed by atoms with Crippen LogP contribution in [0.2, 0.25) is 6.82 Å². The quantitative estimate of drug-likeness (QED) is 0.580. The Balaban J connectivity index is 2.23. The van der Waals surface area contributed by atoms with Crippen LogP contribution in [-0.4, -0.2) is 36.4 Å². The predicted octanol–water partition coefficient (Wildman–Crippen LogP) is 0.264. The molecule has 0 radical (unpaired) electrons. The van der Waals surface area contributed by atoms with Gasteiger partial charge in [-0.25, -0.2) is 0 Å². The fraction of sp³-hybridized carbons (Fsp3) is 0.455. The number of hydrogen-bond donors (Lipinski definition) is 3. The molecule has 1 aromatic carbocycles. The highest BCUT2D eigenvalue weighted by Gasteiger charge is 2.12. The van der Waals surface area contributed by atoms with Crippen molar-refractivity contribution in [1.29, 1.82) is 0 Å². The van der Waals surface area contributed by atoms with Crippen molar-refractivity contribution in [2.75, 3.05) is 13.2 Å². The molecule has 5 heteroatoms. The van der Waals surface area contributed by atoms with Crippen molar-refractivity contribution in [1.82, 2.24) is 5.23 Å². The maximum atomic E-state index is 9.09. The van der Waals surface area contributed by atoms with E-state index in [1.807, 2.05) is 30.3 Å². The molecule has 0 saturated carbocycles. The molecule has 0 aliphatic heterocycles. The van der Waals surface area contributed by atoms with E-state index in [2.05, 4.69) is 5.23 Å². The Hall–Kier alpha value is -0.875. The Kier molecular flexibility index (Phi) is 6.11. The van der Waals surface area contributed by atoms with Gasteiger partial charge in [-0.2, -0.15) is 0 Å². The zero-order chi connectivity index (χ0) is 11.8. The molecule has 16 heavy (non-hydrogen) atoms. The van der Waals surface area contributed by atoms with E-state index in [0.29, 0.717) is 13.2 Å². The van der Waals surface area contributed by atoms with E-state index in [1.54, 1.807) is 6.82 Å². The van der Waals surface area contributed by atoms with Gasteiger partial charge in [-0.05, 0) is 12.4 Å². The molecule has 0 saturated heterocycles. The Morgan fingerprint density at radius 2 is 2.06 bits per heavy atom. The van der Waals surface area contributed by atoms with Gasteiger partial charge >= 0.3 is 7.05 Å². The molecule has 0 aromatic heterocycles. The van der Waals surface area contributed by atoms with Crippen molar-refractivity contribution in [2.24, 2.45) is 0 Å². The fourth-order valence-electron chi connectivity index (χ4n) is 1.39. The summed E-state index contributed by atoms with van der Waals surface area (Å²) in [6, 6.07) is 9.59. The van der Waals surface area contributed by atoms with Crippen molar-refractivity contribution in [3.05, 3.63) is 35.9 Å². The normalized spacial score (nSPS) is 12.4. The molecule has 0 heterocycles. The topological polar surface area (TPSA) is 61.7 Å². The number of aliphatic hydroxyl groups is 1. The first-order valence-corrected chi connectivity index (χ1v) is 5.39. The van der Waals surface area contributed by atoms with Gasteiger partial charge < -0.3 is 20.1 Å². The molecule has 0 aliphatic carbocycles. The number of benzene rings is 1. The van der Waals surface area contributed by atoms with E-state index in [-0.39, 0.29) is 12.6 Å². The molecular weight excluding hydrogens is 205 g/mol. The van der Waals surface area contributed by atoms with Crippen LogP contribution in [0.25, 0.3) is 0 Å². The Labute approximate surface area is 96.4 Å². The number of nitrogens with one attached hydrogen (secondary N) is 1. The highest BCUT2D eigenvalue weighted by atomic mass is 16.5. The zero-order valence-electron chi connectivity index (χ0n) is 9.47. The van der Waals surface area contributed by atoms with Crippen LogP contribution in [0.3, 0.4) is 0 Å². The first-order chi connectivity index (χ1) is 7.72. The van der Waals surface area contributed by atoms with Gasteiger partial charge in [0.1, 0.15) is 0 Å². The van der Waals surface area contributed by atoms with E-state index < -0.39 is 7.05 Å². The second kappa shape index (κ2) is 7.41. The fourth-order valence-corrected chi connectivity index (χ4v) is 1.39. The summed E-state index contributed by atoms with van der Waals surface area (Å²) >= 11 is 0. The number of ether oxygens (including phenoxy) is 1. The van der Waals surface area contributed by atoms with Crippen molar-refractivity contribution in [3.8, 4) is 0 Å². The Bertz CT molecular complexity index is 282. The molecule has 1 atom stereocenters. The molecule has 0 amide bonds. The van der Waals surface area contributed by atoms with Crippen LogP contribution < -0.4 is 5.23 Å². The van der Waals surface area contributed by atoms with Crippen LogP contribution in [0.5, 0.6) is 0 Å². The van der Waals surface area contributed by atoms with Gasteiger partial charge in [0.15, 0.2) is 0 Å². The van der Waals surface area contributed by atoms with Crippen molar-refractivity contribution < 1.29 is 14.9 Å². The van der Waals surface area contributed by atoms with Crippen LogP contribution in [0, 0.1) is 0 Å². The second-order valence-corrected chi connectivity index (χ2v) is 3.72. The molecule has 0 bridgehead atoms. The molecular formula is C11H18BNO3. The smallest absolute Gasteiger partial charge is 0.373 e. The number of aliphatic hydroxyl groups excluding tert-OH is 1. The van der Waals surface area contributed by atoms with Gasteiger partial charge in [0.2, 0.25) is 0 Å².